The van der Waals surface area contributed by atoms with E-state index in [9.17, 15) is 9.59 Å². The Morgan fingerprint density at radius 1 is 0.952 bits per heavy atom. The van der Waals surface area contributed by atoms with Gasteiger partial charge < -0.3 is 0 Å². The van der Waals surface area contributed by atoms with Gasteiger partial charge in [0.15, 0.2) is 5.13 Å². The summed E-state index contributed by atoms with van der Waals surface area (Å²) in [7, 11) is 0. The van der Waals surface area contributed by atoms with E-state index < -0.39 is 0 Å². The lowest BCUT2D eigenvalue weighted by Gasteiger charge is -2.25. The van der Waals surface area contributed by atoms with Gasteiger partial charge in [-0.15, -0.1) is 5.10 Å². The molecule has 1 aliphatic rings. The van der Waals surface area contributed by atoms with Gasteiger partial charge in [-0.1, -0.05) is 83.2 Å². The van der Waals surface area contributed by atoms with Crippen LogP contribution in [0.25, 0.3) is 10.2 Å². The fraction of sp³-hybridized carbons (Fsp3) is 0.241. The van der Waals surface area contributed by atoms with E-state index in [-0.39, 0.29) is 24.4 Å². The SMILES string of the molecule is O=C(Nc1nn[nH]n1)c1ccc(CN(C(=O)Nc2nc3cc(Cl)c(Cl)cc3s2)c2ccc(C3CCCCC3)cc2)cc1. The van der Waals surface area contributed by atoms with Crippen molar-refractivity contribution in [1.82, 2.24) is 25.6 Å². The summed E-state index contributed by atoms with van der Waals surface area (Å²) in [5.74, 6) is 0.275. The number of benzene rings is 3. The van der Waals surface area contributed by atoms with Crippen molar-refractivity contribution < 1.29 is 9.59 Å². The van der Waals surface area contributed by atoms with Crippen molar-refractivity contribution >= 4 is 73.5 Å². The number of halogens is 2. The molecule has 3 N–H and O–H groups in total. The average Bonchev–Trinajstić information content (AvgIpc) is 3.66. The maximum absolute atomic E-state index is 13.7. The molecular weight excluding hydrogens is 595 g/mol. The van der Waals surface area contributed by atoms with Gasteiger partial charge in [0.25, 0.3) is 11.9 Å². The Labute approximate surface area is 255 Å². The van der Waals surface area contributed by atoms with Gasteiger partial charge in [-0.05, 0) is 71.5 Å². The number of tetrazole rings is 1. The molecule has 13 heteroatoms. The Hall–Kier alpha value is -4.06. The molecule has 0 spiro atoms. The molecule has 1 saturated carbocycles. The minimum Gasteiger partial charge on any atom is -0.290 e. The topological polar surface area (TPSA) is 129 Å². The number of nitrogens with zero attached hydrogens (tertiary/aromatic N) is 5. The largest absolute Gasteiger partial charge is 0.328 e. The first-order chi connectivity index (χ1) is 20.4. The number of aromatic nitrogens is 5. The Morgan fingerprint density at radius 3 is 2.40 bits per heavy atom. The van der Waals surface area contributed by atoms with Crippen LogP contribution in [0, 0.1) is 0 Å². The first kappa shape index (κ1) is 28.1. The molecule has 0 saturated heterocycles. The number of H-pyrrole nitrogens is 1. The summed E-state index contributed by atoms with van der Waals surface area (Å²) >= 11 is 13.7. The smallest absolute Gasteiger partial charge is 0.290 e. The van der Waals surface area contributed by atoms with Crippen molar-refractivity contribution in [1.29, 1.82) is 0 Å². The standard InChI is InChI=1S/C29H26Cl2N8O2S/c30-22-14-24-25(15-23(22)31)42-28(32-24)34-29(41)39(21-12-10-19(11-13-21)18-4-2-1-3-5-18)16-17-6-8-20(9-7-17)26(40)33-27-35-37-38-36-27/h6-15,18H,1-5,16H2,(H,32,34,41)(H2,33,35,36,37,38,40). The van der Waals surface area contributed by atoms with Crippen LogP contribution in [-0.4, -0.2) is 37.5 Å². The van der Waals surface area contributed by atoms with Crippen LogP contribution in [-0.2, 0) is 6.54 Å². The zero-order chi connectivity index (χ0) is 29.1. The first-order valence-corrected chi connectivity index (χ1v) is 15.1. The first-order valence-electron chi connectivity index (χ1n) is 13.5. The number of nitrogens with one attached hydrogen (secondary N) is 3. The fourth-order valence-corrected chi connectivity index (χ4v) is 6.37. The maximum Gasteiger partial charge on any atom is 0.328 e. The van der Waals surface area contributed by atoms with Crippen LogP contribution in [0.2, 0.25) is 10.0 Å². The number of anilines is 3. The maximum atomic E-state index is 13.7. The van der Waals surface area contributed by atoms with Gasteiger partial charge >= 0.3 is 6.03 Å². The second-order valence-corrected chi connectivity index (χ2v) is 11.9. The molecule has 6 rings (SSSR count). The van der Waals surface area contributed by atoms with Crippen molar-refractivity contribution in [2.45, 2.75) is 44.6 Å². The van der Waals surface area contributed by atoms with Crippen molar-refractivity contribution in [2.24, 2.45) is 0 Å². The number of aromatic amines is 1. The van der Waals surface area contributed by atoms with Crippen LogP contribution in [0.4, 0.5) is 21.6 Å². The van der Waals surface area contributed by atoms with Gasteiger partial charge in [-0.3, -0.25) is 20.3 Å². The Morgan fingerprint density at radius 2 is 1.69 bits per heavy atom. The molecule has 1 aliphatic carbocycles. The number of fused-ring (bicyclic) bond motifs is 1. The molecule has 0 unspecified atom stereocenters. The summed E-state index contributed by atoms with van der Waals surface area (Å²) in [6.45, 7) is 0.268. The van der Waals surface area contributed by atoms with Crippen molar-refractivity contribution in [3.8, 4) is 0 Å². The van der Waals surface area contributed by atoms with E-state index in [1.54, 1.807) is 29.2 Å². The molecular formula is C29H26Cl2N8O2S. The number of amides is 3. The van der Waals surface area contributed by atoms with Gasteiger partial charge in [0.05, 0.1) is 26.8 Å². The molecule has 0 radical (unpaired) electrons. The Balaban J connectivity index is 1.23. The molecule has 3 amide bonds. The molecule has 2 aromatic heterocycles. The van der Waals surface area contributed by atoms with Crippen LogP contribution < -0.4 is 15.5 Å². The van der Waals surface area contributed by atoms with Crippen LogP contribution >= 0.6 is 34.5 Å². The summed E-state index contributed by atoms with van der Waals surface area (Å²) in [6, 6.07) is 18.3. The molecule has 214 valence electrons. The summed E-state index contributed by atoms with van der Waals surface area (Å²) < 4.78 is 0.817. The number of carbonyl (C=O) groups excluding carboxylic acids is 2. The Bertz CT molecular complexity index is 1660. The van der Waals surface area contributed by atoms with E-state index in [1.165, 1.54) is 49.0 Å². The molecule has 0 atom stereocenters. The third-order valence-electron chi connectivity index (χ3n) is 7.30. The number of thiazole rings is 1. The van der Waals surface area contributed by atoms with Crippen molar-refractivity contribution in [2.75, 3.05) is 15.5 Å². The van der Waals surface area contributed by atoms with Crippen molar-refractivity contribution in [3.63, 3.8) is 0 Å². The number of hydrogen-bond acceptors (Lipinski definition) is 7. The fourth-order valence-electron chi connectivity index (χ4n) is 5.11. The van der Waals surface area contributed by atoms with E-state index in [0.29, 0.717) is 32.2 Å². The summed E-state index contributed by atoms with van der Waals surface area (Å²) in [5, 5.41) is 20.0. The quantitative estimate of drug-likeness (QED) is 0.171. The highest BCUT2D eigenvalue weighted by molar-refractivity contribution is 7.22. The molecule has 10 nitrogen and oxygen atoms in total. The number of carbonyl (C=O) groups is 2. The number of rotatable bonds is 7. The van der Waals surface area contributed by atoms with E-state index >= 15 is 0 Å². The number of hydrogen-bond donors (Lipinski definition) is 3. The molecule has 0 bridgehead atoms. The predicted molar refractivity (Wildman–Crippen MR) is 166 cm³/mol. The van der Waals surface area contributed by atoms with E-state index in [2.05, 4.69) is 48.4 Å². The van der Waals surface area contributed by atoms with Gasteiger partial charge in [0.1, 0.15) is 0 Å². The van der Waals surface area contributed by atoms with Gasteiger partial charge in [0.2, 0.25) is 0 Å². The average molecular weight is 622 g/mol. The lowest BCUT2D eigenvalue weighted by atomic mass is 9.84. The molecule has 42 heavy (non-hydrogen) atoms. The van der Waals surface area contributed by atoms with Crippen LogP contribution in [0.1, 0.15) is 59.5 Å². The van der Waals surface area contributed by atoms with E-state index in [1.807, 2.05) is 24.3 Å². The minimum atomic E-state index is -0.369. The van der Waals surface area contributed by atoms with E-state index in [4.69, 9.17) is 23.2 Å². The minimum absolute atomic E-state index is 0.0861. The van der Waals surface area contributed by atoms with Crippen LogP contribution in [0.5, 0.6) is 0 Å². The summed E-state index contributed by atoms with van der Waals surface area (Å²) in [4.78, 5) is 32.4. The summed E-state index contributed by atoms with van der Waals surface area (Å²) in [6.07, 6.45) is 6.19. The number of urea groups is 1. The molecule has 0 aliphatic heterocycles. The molecule has 3 aromatic carbocycles. The lowest BCUT2D eigenvalue weighted by molar-refractivity contribution is 0.102. The van der Waals surface area contributed by atoms with Gasteiger partial charge in [-0.2, -0.15) is 5.21 Å². The van der Waals surface area contributed by atoms with Crippen LogP contribution in [0.3, 0.4) is 0 Å². The third kappa shape index (κ3) is 6.38. The highest BCUT2D eigenvalue weighted by Gasteiger charge is 2.21. The normalized spacial score (nSPS) is 13.7. The highest BCUT2D eigenvalue weighted by atomic mass is 35.5. The summed E-state index contributed by atoms with van der Waals surface area (Å²) in [5.41, 5.74) is 3.96. The predicted octanol–water partition coefficient (Wildman–Crippen LogP) is 7.65. The zero-order valence-electron chi connectivity index (χ0n) is 22.3. The monoisotopic (exact) mass is 620 g/mol. The second kappa shape index (κ2) is 12.4. The second-order valence-electron chi connectivity index (χ2n) is 10.1. The zero-order valence-corrected chi connectivity index (χ0v) is 24.6. The Kier molecular flexibility index (Phi) is 8.31. The molecule has 5 aromatic rings. The van der Waals surface area contributed by atoms with Gasteiger partial charge in [0, 0.05) is 11.3 Å². The van der Waals surface area contributed by atoms with Crippen LogP contribution in [0.15, 0.2) is 60.7 Å². The van der Waals surface area contributed by atoms with Crippen molar-refractivity contribution in [3.05, 3.63) is 87.4 Å². The highest BCUT2D eigenvalue weighted by Crippen LogP contribution is 2.35. The van der Waals surface area contributed by atoms with Gasteiger partial charge in [-0.25, -0.2) is 9.78 Å². The molecule has 2 heterocycles. The lowest BCUT2D eigenvalue weighted by Crippen LogP contribution is -2.34. The van der Waals surface area contributed by atoms with E-state index in [0.717, 1.165) is 16.0 Å². The molecule has 1 fully saturated rings. The third-order valence-corrected chi connectivity index (χ3v) is 8.95.